The first kappa shape index (κ1) is 16.9. The van der Waals surface area contributed by atoms with Gasteiger partial charge in [0.05, 0.1) is 23.5 Å². The summed E-state index contributed by atoms with van der Waals surface area (Å²) in [5.41, 5.74) is -1.22. The van der Waals surface area contributed by atoms with Crippen molar-refractivity contribution in [2.45, 2.75) is 32.7 Å². The Bertz CT molecular complexity index is 484. The Morgan fingerprint density at radius 3 is 2.35 bits per heavy atom. The van der Waals surface area contributed by atoms with Gasteiger partial charge in [-0.05, 0) is 20.3 Å². The fraction of sp³-hybridized carbons (Fsp3) is 0.833. The molecule has 0 aromatic heterocycles. The van der Waals surface area contributed by atoms with E-state index < -0.39 is 33.2 Å². The van der Waals surface area contributed by atoms with Crippen LogP contribution in [0.5, 0.6) is 0 Å². The van der Waals surface area contributed by atoms with Crippen LogP contribution in [0.15, 0.2) is 0 Å². The minimum Gasteiger partial charge on any atom is -0.481 e. The zero-order valence-electron chi connectivity index (χ0n) is 11.7. The highest BCUT2D eigenvalue weighted by molar-refractivity contribution is 7.91. The SMILES string of the molecule is CC(C)(CC(=O)N(CCO)C1CCS(=O)(=O)C1)C(=O)O. The van der Waals surface area contributed by atoms with Crippen molar-refractivity contribution in [3.05, 3.63) is 0 Å². The largest absolute Gasteiger partial charge is 0.481 e. The minimum absolute atomic E-state index is 0.0225. The Morgan fingerprint density at radius 1 is 1.35 bits per heavy atom. The molecule has 1 fully saturated rings. The van der Waals surface area contributed by atoms with Crippen molar-refractivity contribution in [3.8, 4) is 0 Å². The number of hydrogen-bond acceptors (Lipinski definition) is 5. The summed E-state index contributed by atoms with van der Waals surface area (Å²) < 4.78 is 22.9. The van der Waals surface area contributed by atoms with E-state index in [4.69, 9.17) is 10.2 Å². The van der Waals surface area contributed by atoms with Crippen LogP contribution in [0.2, 0.25) is 0 Å². The van der Waals surface area contributed by atoms with E-state index in [1.54, 1.807) is 0 Å². The molecule has 116 valence electrons. The average Bonchev–Trinajstić information content (AvgIpc) is 2.65. The molecule has 0 bridgehead atoms. The molecule has 0 spiro atoms. The molecule has 0 radical (unpaired) electrons. The molecular formula is C12H21NO6S. The number of carboxylic acid groups (broad SMARTS) is 1. The number of amides is 1. The Labute approximate surface area is 118 Å². The normalized spacial score (nSPS) is 21.6. The van der Waals surface area contributed by atoms with Gasteiger partial charge in [-0.15, -0.1) is 0 Å². The third kappa shape index (κ3) is 4.17. The lowest BCUT2D eigenvalue weighted by atomic mass is 9.88. The monoisotopic (exact) mass is 307 g/mol. The van der Waals surface area contributed by atoms with Crippen LogP contribution in [0.25, 0.3) is 0 Å². The standard InChI is InChI=1S/C12H21NO6S/c1-12(2,11(16)17)7-10(15)13(4-5-14)9-3-6-20(18,19)8-9/h9,14H,3-8H2,1-2H3,(H,16,17). The van der Waals surface area contributed by atoms with Crippen molar-refractivity contribution in [2.75, 3.05) is 24.7 Å². The van der Waals surface area contributed by atoms with E-state index in [0.717, 1.165) is 0 Å². The maximum absolute atomic E-state index is 12.2. The molecule has 1 aliphatic heterocycles. The summed E-state index contributed by atoms with van der Waals surface area (Å²) in [6, 6.07) is -0.468. The van der Waals surface area contributed by atoms with Gasteiger partial charge in [-0.2, -0.15) is 0 Å². The van der Waals surface area contributed by atoms with Crippen LogP contribution in [-0.4, -0.2) is 66.1 Å². The van der Waals surface area contributed by atoms with Gasteiger partial charge in [0.2, 0.25) is 5.91 Å². The molecule has 1 unspecified atom stereocenters. The van der Waals surface area contributed by atoms with E-state index in [-0.39, 0.29) is 31.1 Å². The Hall–Kier alpha value is -1.15. The number of carbonyl (C=O) groups is 2. The molecule has 0 aromatic carbocycles. The van der Waals surface area contributed by atoms with Gasteiger partial charge in [-0.25, -0.2) is 8.42 Å². The highest BCUT2D eigenvalue weighted by Gasteiger charge is 2.37. The summed E-state index contributed by atoms with van der Waals surface area (Å²) in [6.45, 7) is 2.62. The van der Waals surface area contributed by atoms with Crippen LogP contribution in [-0.2, 0) is 19.4 Å². The van der Waals surface area contributed by atoms with Crippen molar-refractivity contribution >= 4 is 21.7 Å². The third-order valence-electron chi connectivity index (χ3n) is 3.48. The van der Waals surface area contributed by atoms with Gasteiger partial charge >= 0.3 is 5.97 Å². The van der Waals surface area contributed by atoms with Crippen molar-refractivity contribution in [3.63, 3.8) is 0 Å². The second kappa shape index (κ2) is 6.09. The predicted octanol–water partition coefficient (Wildman–Crippen LogP) is -0.505. The Morgan fingerprint density at radius 2 is 1.95 bits per heavy atom. The van der Waals surface area contributed by atoms with Crippen molar-refractivity contribution in [2.24, 2.45) is 5.41 Å². The Balaban J connectivity index is 2.81. The summed E-state index contributed by atoms with van der Waals surface area (Å²) in [5, 5.41) is 18.1. The summed E-state index contributed by atoms with van der Waals surface area (Å²) in [7, 11) is -3.14. The Kier molecular flexibility index (Phi) is 5.15. The zero-order chi connectivity index (χ0) is 15.6. The summed E-state index contributed by atoms with van der Waals surface area (Å²) >= 11 is 0. The third-order valence-corrected chi connectivity index (χ3v) is 5.23. The lowest BCUT2D eigenvalue weighted by Crippen LogP contribution is -2.45. The molecule has 1 rings (SSSR count). The molecule has 0 aliphatic carbocycles. The van der Waals surface area contributed by atoms with Crippen LogP contribution in [0.3, 0.4) is 0 Å². The van der Waals surface area contributed by atoms with E-state index in [2.05, 4.69) is 0 Å². The topological polar surface area (TPSA) is 112 Å². The zero-order valence-corrected chi connectivity index (χ0v) is 12.5. The number of aliphatic carboxylic acids is 1. The summed E-state index contributed by atoms with van der Waals surface area (Å²) in [4.78, 5) is 24.6. The molecule has 7 nitrogen and oxygen atoms in total. The van der Waals surface area contributed by atoms with Crippen LogP contribution >= 0.6 is 0 Å². The molecule has 20 heavy (non-hydrogen) atoms. The van der Waals surface area contributed by atoms with Gasteiger partial charge in [0.1, 0.15) is 0 Å². The molecule has 1 aliphatic rings. The molecule has 1 amide bonds. The fourth-order valence-electron chi connectivity index (χ4n) is 2.20. The van der Waals surface area contributed by atoms with Crippen LogP contribution in [0.4, 0.5) is 0 Å². The fourth-order valence-corrected chi connectivity index (χ4v) is 3.93. The van der Waals surface area contributed by atoms with E-state index in [0.29, 0.717) is 6.42 Å². The van der Waals surface area contributed by atoms with Crippen LogP contribution in [0.1, 0.15) is 26.7 Å². The molecule has 2 N–H and O–H groups in total. The van der Waals surface area contributed by atoms with Crippen LogP contribution in [0, 0.1) is 5.41 Å². The molecule has 1 atom stereocenters. The molecular weight excluding hydrogens is 286 g/mol. The van der Waals surface area contributed by atoms with E-state index in [1.807, 2.05) is 0 Å². The molecule has 1 heterocycles. The van der Waals surface area contributed by atoms with Crippen molar-refractivity contribution in [1.82, 2.24) is 4.90 Å². The van der Waals surface area contributed by atoms with E-state index >= 15 is 0 Å². The lowest BCUT2D eigenvalue weighted by Gasteiger charge is -2.30. The van der Waals surface area contributed by atoms with Gasteiger partial charge in [-0.3, -0.25) is 9.59 Å². The number of aliphatic hydroxyl groups excluding tert-OH is 1. The van der Waals surface area contributed by atoms with Gasteiger partial charge < -0.3 is 15.1 Å². The lowest BCUT2D eigenvalue weighted by molar-refractivity contribution is -0.152. The number of rotatable bonds is 6. The number of nitrogens with zero attached hydrogens (tertiary/aromatic N) is 1. The first-order chi connectivity index (χ1) is 9.09. The van der Waals surface area contributed by atoms with Gasteiger partial charge in [0.25, 0.3) is 0 Å². The van der Waals surface area contributed by atoms with E-state index in [1.165, 1.54) is 18.7 Å². The first-order valence-electron chi connectivity index (χ1n) is 6.43. The maximum atomic E-state index is 12.2. The number of aliphatic hydroxyl groups is 1. The molecule has 1 saturated heterocycles. The number of sulfone groups is 1. The number of carbonyl (C=O) groups excluding carboxylic acids is 1. The van der Waals surface area contributed by atoms with Gasteiger partial charge in [-0.1, -0.05) is 0 Å². The highest BCUT2D eigenvalue weighted by atomic mass is 32.2. The quantitative estimate of drug-likeness (QED) is 0.684. The van der Waals surface area contributed by atoms with Gasteiger partial charge in [0, 0.05) is 19.0 Å². The number of carboxylic acids is 1. The maximum Gasteiger partial charge on any atom is 0.309 e. The summed E-state index contributed by atoms with van der Waals surface area (Å²) in [6.07, 6.45) is 0.112. The van der Waals surface area contributed by atoms with Crippen LogP contribution < -0.4 is 0 Å². The van der Waals surface area contributed by atoms with Crippen molar-refractivity contribution < 1.29 is 28.2 Å². The second-order valence-corrected chi connectivity index (χ2v) is 7.96. The summed E-state index contributed by atoms with van der Waals surface area (Å²) in [5.74, 6) is -1.62. The molecule has 8 heteroatoms. The minimum atomic E-state index is -3.14. The molecule has 0 aromatic rings. The van der Waals surface area contributed by atoms with E-state index in [9.17, 15) is 18.0 Å². The highest BCUT2D eigenvalue weighted by Crippen LogP contribution is 2.25. The molecule has 0 saturated carbocycles. The van der Waals surface area contributed by atoms with Crippen molar-refractivity contribution in [1.29, 1.82) is 0 Å². The van der Waals surface area contributed by atoms with Gasteiger partial charge in [0.15, 0.2) is 9.84 Å². The predicted molar refractivity (Wildman–Crippen MR) is 71.9 cm³/mol. The average molecular weight is 307 g/mol. The number of hydrogen-bond donors (Lipinski definition) is 2. The second-order valence-electron chi connectivity index (χ2n) is 5.73. The first-order valence-corrected chi connectivity index (χ1v) is 8.25. The smallest absolute Gasteiger partial charge is 0.309 e.